The first-order chi connectivity index (χ1) is 9.86. The molecule has 21 heavy (non-hydrogen) atoms. The van der Waals surface area contributed by atoms with Gasteiger partial charge in [0.15, 0.2) is 5.00 Å². The minimum absolute atomic E-state index is 0.0110. The fraction of sp³-hybridized carbons (Fsp3) is 0.333. The minimum Gasteiger partial charge on any atom is -0.374 e. The number of H-pyrrole nitrogens is 1. The zero-order valence-corrected chi connectivity index (χ0v) is 12.7. The van der Waals surface area contributed by atoms with E-state index in [0.29, 0.717) is 5.82 Å². The largest absolute Gasteiger partial charge is 0.374 e. The Labute approximate surface area is 124 Å². The van der Waals surface area contributed by atoms with Crippen LogP contribution in [0, 0.1) is 10.1 Å². The summed E-state index contributed by atoms with van der Waals surface area (Å²) in [4.78, 5) is 14.1. The van der Waals surface area contributed by atoms with Crippen molar-refractivity contribution in [3.63, 3.8) is 0 Å². The number of hydrogen-bond donors (Lipinski definition) is 2. The van der Waals surface area contributed by atoms with Crippen LogP contribution in [-0.2, 0) is 16.6 Å². The van der Waals surface area contributed by atoms with Crippen molar-refractivity contribution in [1.82, 2.24) is 19.5 Å². The Kier molecular flexibility index (Phi) is 4.20. The van der Waals surface area contributed by atoms with E-state index in [2.05, 4.69) is 20.5 Å². The highest BCUT2D eigenvalue weighted by molar-refractivity contribution is 7.91. The van der Waals surface area contributed by atoms with Crippen LogP contribution in [0.1, 0.15) is 5.82 Å². The van der Waals surface area contributed by atoms with Gasteiger partial charge >= 0.3 is 5.69 Å². The number of thiophene rings is 1. The number of hydrogen-bond acceptors (Lipinski definition) is 8. The van der Waals surface area contributed by atoms with Gasteiger partial charge in [0.1, 0.15) is 16.4 Å². The first-order valence-corrected chi connectivity index (χ1v) is 7.88. The van der Waals surface area contributed by atoms with Crippen LogP contribution in [0.5, 0.6) is 0 Å². The Morgan fingerprint density at radius 3 is 2.76 bits per heavy atom. The molecule has 0 aliphatic carbocycles. The quantitative estimate of drug-likeness (QED) is 0.585. The summed E-state index contributed by atoms with van der Waals surface area (Å²) in [5.74, 6) is 0.376. The van der Waals surface area contributed by atoms with Gasteiger partial charge in [-0.2, -0.15) is 9.40 Å². The molecule has 10 nitrogen and oxygen atoms in total. The summed E-state index contributed by atoms with van der Waals surface area (Å²) in [6, 6.07) is 1.04. The zero-order valence-electron chi connectivity index (χ0n) is 11.1. The van der Waals surface area contributed by atoms with E-state index in [1.165, 1.54) is 20.4 Å². The van der Waals surface area contributed by atoms with Gasteiger partial charge in [0, 0.05) is 20.2 Å². The van der Waals surface area contributed by atoms with Gasteiger partial charge < -0.3 is 5.32 Å². The Balaban J connectivity index is 2.33. The van der Waals surface area contributed by atoms with Crippen LogP contribution in [0.25, 0.3) is 0 Å². The lowest BCUT2D eigenvalue weighted by molar-refractivity contribution is -0.383. The summed E-state index contributed by atoms with van der Waals surface area (Å²) in [6.45, 7) is -0.0110. The standard InChI is InChI=1S/C9H12N6O4S2/c1-10-9-6(15(16)17)3-8(20-9)21(18,19)14(2)4-7-11-5-12-13-7/h3,5,10H,4H2,1-2H3,(H,11,12,13). The second-order valence-corrected chi connectivity index (χ2v) is 7.30. The maximum absolute atomic E-state index is 12.4. The third-order valence-electron chi connectivity index (χ3n) is 2.62. The maximum Gasteiger partial charge on any atom is 0.304 e. The highest BCUT2D eigenvalue weighted by Crippen LogP contribution is 2.37. The molecule has 0 saturated carbocycles. The second-order valence-electron chi connectivity index (χ2n) is 3.98. The highest BCUT2D eigenvalue weighted by Gasteiger charge is 2.29. The van der Waals surface area contributed by atoms with Crippen molar-refractivity contribution in [2.75, 3.05) is 19.4 Å². The number of nitrogens with zero attached hydrogens (tertiary/aromatic N) is 4. The van der Waals surface area contributed by atoms with Crippen LogP contribution < -0.4 is 5.32 Å². The lowest BCUT2D eigenvalue weighted by Crippen LogP contribution is -2.26. The highest BCUT2D eigenvalue weighted by atomic mass is 32.2. The second kappa shape index (κ2) is 5.75. The molecule has 0 atom stereocenters. The molecule has 0 aromatic carbocycles. The topological polar surface area (TPSA) is 134 Å². The smallest absolute Gasteiger partial charge is 0.304 e. The molecule has 0 aliphatic heterocycles. The van der Waals surface area contributed by atoms with Crippen LogP contribution in [-0.4, -0.2) is 46.9 Å². The predicted molar refractivity (Wildman–Crippen MR) is 75.6 cm³/mol. The van der Waals surface area contributed by atoms with E-state index in [4.69, 9.17) is 0 Å². The minimum atomic E-state index is -3.84. The van der Waals surface area contributed by atoms with E-state index < -0.39 is 14.9 Å². The van der Waals surface area contributed by atoms with Crippen LogP contribution >= 0.6 is 11.3 Å². The molecule has 0 saturated heterocycles. The molecule has 0 unspecified atom stereocenters. The first-order valence-electron chi connectivity index (χ1n) is 5.62. The van der Waals surface area contributed by atoms with Crippen LogP contribution in [0.15, 0.2) is 16.6 Å². The third-order valence-corrected chi connectivity index (χ3v) is 6.01. The lowest BCUT2D eigenvalue weighted by atomic mass is 10.5. The number of nitro groups is 1. The molecular weight excluding hydrogens is 320 g/mol. The Morgan fingerprint density at radius 1 is 1.57 bits per heavy atom. The van der Waals surface area contributed by atoms with Crippen molar-refractivity contribution in [1.29, 1.82) is 0 Å². The summed E-state index contributed by atoms with van der Waals surface area (Å²) < 4.78 is 25.7. The maximum atomic E-state index is 12.4. The van der Waals surface area contributed by atoms with Gasteiger partial charge in [0.25, 0.3) is 10.0 Å². The Morgan fingerprint density at radius 2 is 2.29 bits per heavy atom. The number of sulfonamides is 1. The summed E-state index contributed by atoms with van der Waals surface area (Å²) in [5.41, 5.74) is -0.269. The van der Waals surface area contributed by atoms with E-state index in [1.807, 2.05) is 0 Å². The van der Waals surface area contributed by atoms with E-state index in [1.54, 1.807) is 0 Å². The molecule has 2 N–H and O–H groups in total. The van der Waals surface area contributed by atoms with Crippen molar-refractivity contribution in [3.05, 3.63) is 28.3 Å². The molecule has 2 aromatic heterocycles. The van der Waals surface area contributed by atoms with Crippen molar-refractivity contribution >= 4 is 32.0 Å². The van der Waals surface area contributed by atoms with Gasteiger partial charge in [-0.25, -0.2) is 13.4 Å². The van der Waals surface area contributed by atoms with E-state index in [9.17, 15) is 18.5 Å². The average molecular weight is 332 g/mol. The molecule has 0 aliphatic rings. The first kappa shape index (κ1) is 15.3. The summed E-state index contributed by atoms with van der Waals surface area (Å²) >= 11 is 0.807. The predicted octanol–water partition coefficient (Wildman–Crippen LogP) is 0.637. The van der Waals surface area contributed by atoms with Crippen molar-refractivity contribution in [2.45, 2.75) is 10.8 Å². The summed E-state index contributed by atoms with van der Waals surface area (Å²) in [6.07, 6.45) is 1.27. The Bertz CT molecular complexity index is 738. The number of aromatic nitrogens is 3. The van der Waals surface area contributed by atoms with Gasteiger partial charge in [0.05, 0.1) is 11.5 Å². The van der Waals surface area contributed by atoms with E-state index >= 15 is 0 Å². The summed E-state index contributed by atoms with van der Waals surface area (Å²) in [5, 5.41) is 19.9. The fourth-order valence-electron chi connectivity index (χ4n) is 1.56. The molecule has 0 bridgehead atoms. The van der Waals surface area contributed by atoms with Crippen molar-refractivity contribution < 1.29 is 13.3 Å². The third kappa shape index (κ3) is 3.01. The molecule has 2 rings (SSSR count). The van der Waals surface area contributed by atoms with Gasteiger partial charge in [-0.15, -0.1) is 0 Å². The monoisotopic (exact) mass is 332 g/mol. The molecular formula is C9H12N6O4S2. The molecule has 0 fully saturated rings. The molecule has 12 heteroatoms. The van der Waals surface area contributed by atoms with E-state index in [-0.39, 0.29) is 21.4 Å². The fourth-order valence-corrected chi connectivity index (χ4v) is 4.18. The van der Waals surface area contributed by atoms with Crippen molar-refractivity contribution in [2.24, 2.45) is 0 Å². The van der Waals surface area contributed by atoms with E-state index in [0.717, 1.165) is 21.7 Å². The number of nitrogens with one attached hydrogen (secondary N) is 2. The molecule has 2 heterocycles. The van der Waals surface area contributed by atoms with Gasteiger partial charge in [-0.1, -0.05) is 11.3 Å². The average Bonchev–Trinajstić information content (AvgIpc) is 3.06. The SMILES string of the molecule is CNc1sc(S(=O)(=O)N(C)Cc2ncn[nH]2)cc1[N+](=O)[O-]. The normalized spacial score (nSPS) is 11.8. The molecule has 0 radical (unpaired) electrons. The van der Waals surface area contributed by atoms with Crippen LogP contribution in [0.3, 0.4) is 0 Å². The lowest BCUT2D eigenvalue weighted by Gasteiger charge is -2.13. The number of rotatable bonds is 6. The molecule has 0 spiro atoms. The van der Waals surface area contributed by atoms with Crippen LogP contribution in [0.2, 0.25) is 0 Å². The molecule has 2 aromatic rings. The number of anilines is 1. The molecule has 0 amide bonds. The van der Waals surface area contributed by atoms with Gasteiger partial charge in [-0.05, 0) is 0 Å². The number of aromatic amines is 1. The molecule has 114 valence electrons. The van der Waals surface area contributed by atoms with Crippen LogP contribution in [0.4, 0.5) is 10.7 Å². The van der Waals surface area contributed by atoms with Crippen molar-refractivity contribution in [3.8, 4) is 0 Å². The zero-order chi connectivity index (χ0) is 15.6. The Hall–Kier alpha value is -2.05. The van der Waals surface area contributed by atoms with Gasteiger partial charge in [-0.3, -0.25) is 15.2 Å². The summed E-state index contributed by atoms with van der Waals surface area (Å²) in [7, 11) is -0.984. The van der Waals surface area contributed by atoms with Gasteiger partial charge in [0.2, 0.25) is 0 Å².